The molecular weight excluding hydrogens is 1790 g/mol. The van der Waals surface area contributed by atoms with Crippen molar-refractivity contribution in [2.45, 2.75) is 589 Å². The maximum absolute atomic E-state index is 15.8. The van der Waals surface area contributed by atoms with E-state index in [0.29, 0.717) is 50.7 Å². The molecule has 0 atom stereocenters. The molecule has 0 N–H and O–H groups in total. The number of allylic oxidation sites excluding steroid dienone is 5. The Kier molecular flexibility index (Phi) is 74.4. The summed E-state index contributed by atoms with van der Waals surface area (Å²) in [4.78, 5) is 15.8. The molecule has 0 bridgehead atoms. The van der Waals surface area contributed by atoms with Crippen LogP contribution in [0.25, 0.3) is 48.1 Å². The number of rotatable bonds is 101. The van der Waals surface area contributed by atoms with Gasteiger partial charge in [-0.2, -0.15) is 4.58 Å². The molecule has 10 heteroatoms. The van der Waals surface area contributed by atoms with E-state index in [2.05, 4.69) is 207 Å². The topological polar surface area (TPSA) is 94.8 Å². The minimum Gasteiger partial charge on any atom is -0.871 e. The van der Waals surface area contributed by atoms with Crippen LogP contribution in [0.5, 0.6) is 23.0 Å². The fraction of sp³-hybridized carbons (Fsp3) is 0.706. The van der Waals surface area contributed by atoms with Crippen molar-refractivity contribution < 1.29 is 33.4 Å². The zero-order valence-corrected chi connectivity index (χ0v) is 96.2. The molecular formula is C136H222N4O6. The van der Waals surface area contributed by atoms with E-state index in [1.165, 1.54) is 448 Å². The van der Waals surface area contributed by atoms with Crippen LogP contribution >= 0.6 is 0 Å². The molecule has 7 rings (SSSR count). The van der Waals surface area contributed by atoms with Crippen molar-refractivity contribution in [1.82, 2.24) is 13.7 Å². The van der Waals surface area contributed by atoms with E-state index >= 15 is 9.90 Å². The standard InChI is InChI=1S/C136H222N4O6/c1-9-17-25-33-41-49-57-65-73-81-105-137-107-89-91-123(137)97-93-119-115-131(145-113-87-79-71-63-55-47-39-31-23-15-7)121(117-129(119)143-111-85-77-69-61-53-45-37-29-21-13-5)95-99-125-101-103-127(139(125)109-83-75-67-59-51-43-35-27-19-11-3)133-135(141)134(136(133)142)128-104-102-126(140(128)110-84-76-68-60-52-44-36-28-20-12-4)100-96-122-118-130(144-112-86-78-70-62-54-46-38-30-22-14-6)120(116-132(122)146-114-88-80-72-64-56-48-40-32-24-16-8)94-98-124-92-90-108-138(124)106-82-74-66-58-50-42-34-26-18-10-2/h89-104,107-108,115-118H,9-88,105-106,109-114H2,1-8H3. The maximum atomic E-state index is 15.8. The zero-order valence-electron chi connectivity index (χ0n) is 96.2. The highest BCUT2D eigenvalue weighted by molar-refractivity contribution is 6.39. The second-order valence-corrected chi connectivity index (χ2v) is 44.3. The SMILES string of the molecule is CCCCCCCCCCCCOc1cc(/C=C/c2cccn2CCCCCCCCCCCC)c(OCCCCCCCCCCCC)cc1/C=C/C1=[N+](CCCCCCCCCCCC)C(=C2/C(=O)C(c3ccc(/C=C/c4cc(OCCCCCCCCCCCC)c(/C=C/c5cccn5CCCCCCCCCCCC)cc4OCCCCCCCCCCCC)n3CCCCCCCCCCCC)=C2[O-])/C=C1. The van der Waals surface area contributed by atoms with Gasteiger partial charge in [0.2, 0.25) is 17.2 Å². The van der Waals surface area contributed by atoms with Crippen molar-refractivity contribution in [2.75, 3.05) is 33.0 Å². The van der Waals surface area contributed by atoms with Gasteiger partial charge in [-0.3, -0.25) is 4.79 Å². The first-order valence-electron chi connectivity index (χ1n) is 63.3. The number of unbranched alkanes of at least 4 members (excludes halogenated alkanes) is 72. The molecule has 5 aromatic rings. The Labute approximate surface area is 898 Å². The fourth-order valence-electron chi connectivity index (χ4n) is 21.7. The number of hydrogen-bond acceptors (Lipinski definition) is 6. The molecule has 0 fully saturated rings. The number of Topliss-reactive ketones (excluding diaryl/α,β-unsaturated/α-hetero) is 1. The van der Waals surface area contributed by atoms with Crippen molar-refractivity contribution in [3.63, 3.8) is 0 Å². The number of carbonyl (C=O) groups excluding carboxylic acids is 1. The Morgan fingerprint density at radius 2 is 0.500 bits per heavy atom. The fourth-order valence-corrected chi connectivity index (χ4v) is 21.7. The molecule has 3 aromatic heterocycles. The molecule has 0 saturated heterocycles. The van der Waals surface area contributed by atoms with Gasteiger partial charge in [0.05, 0.1) is 37.7 Å². The van der Waals surface area contributed by atoms with E-state index in [9.17, 15) is 0 Å². The van der Waals surface area contributed by atoms with E-state index in [1.54, 1.807) is 0 Å². The van der Waals surface area contributed by atoms with Crippen LogP contribution in [0, 0.1) is 0 Å². The summed E-state index contributed by atoms with van der Waals surface area (Å²) in [5, 5.41) is 15.8. The lowest BCUT2D eigenvalue weighted by molar-refractivity contribution is -0.469. The number of carbonyl (C=O) groups is 1. The van der Waals surface area contributed by atoms with Gasteiger partial charge < -0.3 is 37.8 Å². The number of aromatic nitrogens is 3. The lowest BCUT2D eigenvalue weighted by atomic mass is 9.84. The molecule has 0 amide bonds. The van der Waals surface area contributed by atoms with Gasteiger partial charge in [-0.25, -0.2) is 0 Å². The number of hydrogen-bond donors (Lipinski definition) is 0. The molecule has 0 saturated carbocycles. The van der Waals surface area contributed by atoms with Gasteiger partial charge in [-0.05, 0) is 155 Å². The van der Waals surface area contributed by atoms with Crippen molar-refractivity contribution in [3.8, 4) is 23.0 Å². The van der Waals surface area contributed by atoms with Crippen LogP contribution in [0.1, 0.15) is 614 Å². The van der Waals surface area contributed by atoms with Crippen LogP contribution < -0.4 is 24.1 Å². The molecule has 0 unspecified atom stereocenters. The minimum absolute atomic E-state index is 0.158. The summed E-state index contributed by atoms with van der Waals surface area (Å²) in [6.07, 6.45) is 129. The van der Waals surface area contributed by atoms with Crippen molar-refractivity contribution in [1.29, 1.82) is 0 Å². The Balaban J connectivity index is 1.29. The van der Waals surface area contributed by atoms with Gasteiger partial charge in [-0.1, -0.05) is 517 Å². The van der Waals surface area contributed by atoms with Gasteiger partial charge >= 0.3 is 0 Å². The van der Waals surface area contributed by atoms with Crippen LogP contribution in [0.2, 0.25) is 0 Å². The van der Waals surface area contributed by atoms with Crippen LogP contribution in [0.3, 0.4) is 0 Å². The van der Waals surface area contributed by atoms with E-state index in [4.69, 9.17) is 18.9 Å². The summed E-state index contributed by atoms with van der Waals surface area (Å²) in [6, 6.07) is 22.2. The first-order chi connectivity index (χ1) is 72.2. The van der Waals surface area contributed by atoms with Gasteiger partial charge in [0, 0.05) is 102 Å². The Hall–Kier alpha value is -7.20. The Bertz CT molecular complexity index is 4330. The third-order valence-electron chi connectivity index (χ3n) is 31.2. The van der Waals surface area contributed by atoms with Crippen molar-refractivity contribution in [3.05, 3.63) is 153 Å². The number of ether oxygens (including phenoxy) is 4. The predicted octanol–water partition coefficient (Wildman–Crippen LogP) is 42.1. The highest BCUT2D eigenvalue weighted by Crippen LogP contribution is 2.42. The molecule has 10 nitrogen and oxygen atoms in total. The summed E-state index contributed by atoms with van der Waals surface area (Å²) in [5.74, 6) is 3.13. The number of aryl methyl sites for hydroxylation is 2. The third kappa shape index (κ3) is 54.7. The number of benzene rings is 2. The summed E-state index contributed by atoms with van der Waals surface area (Å²) in [7, 11) is 0. The number of ketones is 1. The molecule has 1 aliphatic carbocycles. The van der Waals surface area contributed by atoms with Gasteiger partial charge in [0.25, 0.3) is 0 Å². The predicted molar refractivity (Wildman–Crippen MR) is 637 cm³/mol. The summed E-state index contributed by atoms with van der Waals surface area (Å²) in [6.45, 7) is 24.4. The minimum atomic E-state index is -0.158. The monoisotopic (exact) mass is 2010 g/mol. The lowest BCUT2D eigenvalue weighted by Gasteiger charge is -2.31. The van der Waals surface area contributed by atoms with Crippen LogP contribution in [-0.2, 0) is 24.4 Å². The van der Waals surface area contributed by atoms with Crippen LogP contribution in [0.15, 0.2) is 108 Å². The Morgan fingerprint density at radius 3 is 0.781 bits per heavy atom. The van der Waals surface area contributed by atoms with Crippen LogP contribution in [-0.4, -0.2) is 62.7 Å². The summed E-state index contributed by atoms with van der Waals surface area (Å²) < 4.78 is 37.7. The first kappa shape index (κ1) is 126. The first-order valence-corrected chi connectivity index (χ1v) is 63.3. The van der Waals surface area contributed by atoms with Crippen molar-refractivity contribution >= 4 is 59.6 Å². The van der Waals surface area contributed by atoms with E-state index in [-0.39, 0.29) is 11.5 Å². The average molecular weight is 2010 g/mol. The highest BCUT2D eigenvalue weighted by Gasteiger charge is 2.39. The molecule has 0 radical (unpaired) electrons. The second kappa shape index (κ2) is 86.4. The molecule has 4 heterocycles. The third-order valence-corrected chi connectivity index (χ3v) is 31.2. The zero-order chi connectivity index (χ0) is 103. The van der Waals surface area contributed by atoms with Crippen molar-refractivity contribution in [2.24, 2.45) is 0 Å². The quantitative estimate of drug-likeness (QED) is 0.0219. The molecule has 146 heavy (non-hydrogen) atoms. The molecule has 1 aliphatic heterocycles. The molecule has 822 valence electrons. The molecule has 0 spiro atoms. The average Bonchev–Trinajstić information content (AvgIpc) is 1.54. The molecule has 2 aliphatic rings. The normalized spacial score (nSPS) is 13.5. The highest BCUT2D eigenvalue weighted by atomic mass is 16.5. The molecule has 2 aromatic carbocycles. The Morgan fingerprint density at radius 1 is 0.253 bits per heavy atom. The van der Waals surface area contributed by atoms with E-state index in [0.717, 1.165) is 158 Å². The lowest BCUT2D eigenvalue weighted by Crippen LogP contribution is -2.33. The van der Waals surface area contributed by atoms with E-state index in [1.807, 2.05) is 0 Å². The smallest absolute Gasteiger partial charge is 0.216 e. The van der Waals surface area contributed by atoms with E-state index < -0.39 is 0 Å². The van der Waals surface area contributed by atoms with Gasteiger partial charge in [0.15, 0.2) is 0 Å². The second-order valence-electron chi connectivity index (χ2n) is 44.3. The summed E-state index contributed by atoms with van der Waals surface area (Å²) >= 11 is 0. The summed E-state index contributed by atoms with van der Waals surface area (Å²) in [5.41, 5.74) is 10.4. The van der Waals surface area contributed by atoms with Crippen LogP contribution in [0.4, 0.5) is 0 Å². The van der Waals surface area contributed by atoms with Gasteiger partial charge in [0.1, 0.15) is 29.5 Å². The maximum Gasteiger partial charge on any atom is 0.216 e. The number of nitrogens with zero attached hydrogens (tertiary/aromatic N) is 4. The van der Waals surface area contributed by atoms with Gasteiger partial charge in [-0.15, -0.1) is 0 Å². The largest absolute Gasteiger partial charge is 0.871 e.